The highest BCUT2D eigenvalue weighted by Crippen LogP contribution is 2.34. The zero-order chi connectivity index (χ0) is 18.8. The maximum absolute atomic E-state index is 13.1. The SMILES string of the molecule is COc1ccccc1C(=O)N1CCCC1c1nc(-c2ccc(F)cc2)no1. The van der Waals surface area contributed by atoms with Crippen LogP contribution in [0, 0.1) is 5.82 Å². The van der Waals surface area contributed by atoms with E-state index in [4.69, 9.17) is 9.26 Å². The van der Waals surface area contributed by atoms with Crippen LogP contribution in [0.2, 0.25) is 0 Å². The Morgan fingerprint density at radius 3 is 2.78 bits per heavy atom. The quantitative estimate of drug-likeness (QED) is 0.700. The first-order valence-electron chi connectivity index (χ1n) is 8.71. The van der Waals surface area contributed by atoms with Crippen LogP contribution in [0.1, 0.15) is 35.1 Å². The summed E-state index contributed by atoms with van der Waals surface area (Å²) >= 11 is 0. The van der Waals surface area contributed by atoms with Crippen molar-refractivity contribution in [1.29, 1.82) is 0 Å². The van der Waals surface area contributed by atoms with E-state index in [1.165, 1.54) is 12.1 Å². The van der Waals surface area contributed by atoms with Crippen molar-refractivity contribution in [1.82, 2.24) is 15.0 Å². The van der Waals surface area contributed by atoms with Gasteiger partial charge in [0.25, 0.3) is 5.91 Å². The molecule has 0 radical (unpaired) electrons. The lowest BCUT2D eigenvalue weighted by Crippen LogP contribution is -2.31. The molecule has 27 heavy (non-hydrogen) atoms. The highest BCUT2D eigenvalue weighted by Gasteiger charge is 2.35. The van der Waals surface area contributed by atoms with E-state index < -0.39 is 0 Å². The van der Waals surface area contributed by atoms with E-state index in [1.54, 1.807) is 42.3 Å². The summed E-state index contributed by atoms with van der Waals surface area (Å²) in [5, 5.41) is 3.99. The number of benzene rings is 2. The predicted octanol–water partition coefficient (Wildman–Crippen LogP) is 3.86. The number of likely N-dealkylation sites (tertiary alicyclic amines) is 1. The molecule has 1 aliphatic rings. The molecule has 2 heterocycles. The van der Waals surface area contributed by atoms with Crippen molar-refractivity contribution in [2.24, 2.45) is 0 Å². The molecule has 7 heteroatoms. The number of ether oxygens (including phenoxy) is 1. The fourth-order valence-corrected chi connectivity index (χ4v) is 3.33. The second-order valence-electron chi connectivity index (χ2n) is 6.32. The summed E-state index contributed by atoms with van der Waals surface area (Å²) in [6, 6.07) is 12.7. The third kappa shape index (κ3) is 3.28. The van der Waals surface area contributed by atoms with Crippen molar-refractivity contribution in [3.8, 4) is 17.1 Å². The summed E-state index contributed by atoms with van der Waals surface area (Å²) in [5.41, 5.74) is 1.16. The maximum Gasteiger partial charge on any atom is 0.258 e. The number of hydrogen-bond acceptors (Lipinski definition) is 5. The van der Waals surface area contributed by atoms with Gasteiger partial charge in [0.15, 0.2) is 0 Å². The first kappa shape index (κ1) is 17.2. The van der Waals surface area contributed by atoms with Gasteiger partial charge in [0.2, 0.25) is 11.7 Å². The van der Waals surface area contributed by atoms with E-state index in [-0.39, 0.29) is 17.8 Å². The summed E-state index contributed by atoms with van der Waals surface area (Å²) in [6.07, 6.45) is 1.59. The van der Waals surface area contributed by atoms with Crippen molar-refractivity contribution in [2.75, 3.05) is 13.7 Å². The fraction of sp³-hybridized carbons (Fsp3) is 0.250. The highest BCUT2D eigenvalue weighted by molar-refractivity contribution is 5.97. The van der Waals surface area contributed by atoms with Crippen LogP contribution in [0.25, 0.3) is 11.4 Å². The number of carbonyl (C=O) groups excluding carboxylic acids is 1. The molecule has 4 rings (SSSR count). The molecule has 1 aliphatic heterocycles. The van der Waals surface area contributed by atoms with Crippen molar-refractivity contribution < 1.29 is 18.4 Å². The first-order valence-corrected chi connectivity index (χ1v) is 8.71. The second-order valence-corrected chi connectivity index (χ2v) is 6.32. The van der Waals surface area contributed by atoms with Gasteiger partial charge in [-0.05, 0) is 49.2 Å². The number of halogens is 1. The zero-order valence-corrected chi connectivity index (χ0v) is 14.8. The Bertz CT molecular complexity index is 955. The number of rotatable bonds is 4. The Labute approximate surface area is 155 Å². The minimum absolute atomic E-state index is 0.128. The number of nitrogens with zero attached hydrogens (tertiary/aromatic N) is 3. The van der Waals surface area contributed by atoms with Gasteiger partial charge in [0, 0.05) is 12.1 Å². The van der Waals surface area contributed by atoms with Crippen LogP contribution in [-0.2, 0) is 0 Å². The van der Waals surface area contributed by atoms with E-state index in [1.807, 2.05) is 6.07 Å². The lowest BCUT2D eigenvalue weighted by Gasteiger charge is -2.22. The van der Waals surface area contributed by atoms with Crippen LogP contribution >= 0.6 is 0 Å². The smallest absolute Gasteiger partial charge is 0.258 e. The lowest BCUT2D eigenvalue weighted by atomic mass is 10.1. The van der Waals surface area contributed by atoms with Crippen LogP contribution in [0.3, 0.4) is 0 Å². The van der Waals surface area contributed by atoms with Gasteiger partial charge < -0.3 is 14.2 Å². The van der Waals surface area contributed by atoms with E-state index in [2.05, 4.69) is 10.1 Å². The van der Waals surface area contributed by atoms with Gasteiger partial charge in [-0.3, -0.25) is 4.79 Å². The van der Waals surface area contributed by atoms with E-state index in [0.717, 1.165) is 12.8 Å². The summed E-state index contributed by atoms with van der Waals surface area (Å²) < 4.78 is 23.8. The standard InChI is InChI=1S/C20H18FN3O3/c1-26-17-7-3-2-5-15(17)20(25)24-12-4-6-16(24)19-22-18(23-27-19)13-8-10-14(21)11-9-13/h2-3,5,7-11,16H,4,6,12H2,1H3. The normalized spacial score (nSPS) is 16.5. The molecule has 0 saturated carbocycles. The first-order chi connectivity index (χ1) is 13.2. The molecule has 1 amide bonds. The molecule has 1 atom stereocenters. The molecule has 0 aliphatic carbocycles. The molecule has 1 unspecified atom stereocenters. The van der Waals surface area contributed by atoms with Crippen LogP contribution in [0.5, 0.6) is 5.75 Å². The number of hydrogen-bond donors (Lipinski definition) is 0. The van der Waals surface area contributed by atoms with Gasteiger partial charge in [0.05, 0.1) is 12.7 Å². The molecule has 1 saturated heterocycles. The summed E-state index contributed by atoms with van der Waals surface area (Å²) in [6.45, 7) is 0.607. The molecule has 3 aromatic rings. The molecule has 2 aromatic carbocycles. The molecule has 1 fully saturated rings. The molecule has 138 valence electrons. The fourth-order valence-electron chi connectivity index (χ4n) is 3.33. The summed E-state index contributed by atoms with van der Waals surface area (Å²) in [5.74, 6) is 0.839. The summed E-state index contributed by atoms with van der Waals surface area (Å²) in [7, 11) is 1.54. The third-order valence-electron chi connectivity index (χ3n) is 4.68. The number of aromatic nitrogens is 2. The van der Waals surface area contributed by atoms with Crippen molar-refractivity contribution in [3.05, 3.63) is 65.8 Å². The predicted molar refractivity (Wildman–Crippen MR) is 95.7 cm³/mol. The maximum atomic E-state index is 13.1. The van der Waals surface area contributed by atoms with E-state index in [0.29, 0.717) is 35.1 Å². The van der Waals surface area contributed by atoms with Gasteiger partial charge >= 0.3 is 0 Å². The number of para-hydroxylation sites is 1. The monoisotopic (exact) mass is 367 g/mol. The average molecular weight is 367 g/mol. The Morgan fingerprint density at radius 1 is 1.22 bits per heavy atom. The molecule has 6 nitrogen and oxygen atoms in total. The molecular weight excluding hydrogens is 349 g/mol. The van der Waals surface area contributed by atoms with Crippen molar-refractivity contribution in [3.63, 3.8) is 0 Å². The van der Waals surface area contributed by atoms with Crippen LogP contribution in [0.4, 0.5) is 4.39 Å². The van der Waals surface area contributed by atoms with Crippen molar-refractivity contribution in [2.45, 2.75) is 18.9 Å². The molecule has 0 N–H and O–H groups in total. The Kier molecular flexibility index (Phi) is 4.58. The Hall–Kier alpha value is -3.22. The molecule has 0 spiro atoms. The average Bonchev–Trinajstić information content (AvgIpc) is 3.37. The third-order valence-corrected chi connectivity index (χ3v) is 4.68. The number of carbonyl (C=O) groups is 1. The molecule has 0 bridgehead atoms. The van der Waals surface area contributed by atoms with Gasteiger partial charge in [-0.25, -0.2) is 4.39 Å². The zero-order valence-electron chi connectivity index (χ0n) is 14.8. The summed E-state index contributed by atoms with van der Waals surface area (Å²) in [4.78, 5) is 19.2. The van der Waals surface area contributed by atoms with Crippen molar-refractivity contribution >= 4 is 5.91 Å². The van der Waals surface area contributed by atoms with Gasteiger partial charge in [0.1, 0.15) is 17.6 Å². The number of amides is 1. The number of methoxy groups -OCH3 is 1. The van der Waals surface area contributed by atoms with Gasteiger partial charge in [-0.1, -0.05) is 17.3 Å². The Balaban J connectivity index is 1.60. The largest absolute Gasteiger partial charge is 0.496 e. The minimum atomic E-state index is -0.327. The topological polar surface area (TPSA) is 68.5 Å². The van der Waals surface area contributed by atoms with Gasteiger partial charge in [-0.15, -0.1) is 0 Å². The van der Waals surface area contributed by atoms with E-state index in [9.17, 15) is 9.18 Å². The lowest BCUT2D eigenvalue weighted by molar-refractivity contribution is 0.0706. The Morgan fingerprint density at radius 2 is 2.00 bits per heavy atom. The molecular formula is C20H18FN3O3. The van der Waals surface area contributed by atoms with Crippen LogP contribution < -0.4 is 4.74 Å². The van der Waals surface area contributed by atoms with Crippen LogP contribution in [0.15, 0.2) is 53.1 Å². The van der Waals surface area contributed by atoms with E-state index >= 15 is 0 Å². The van der Waals surface area contributed by atoms with Gasteiger partial charge in [-0.2, -0.15) is 4.98 Å². The second kappa shape index (κ2) is 7.19. The van der Waals surface area contributed by atoms with Crippen LogP contribution in [-0.4, -0.2) is 34.6 Å². The molecule has 1 aromatic heterocycles. The minimum Gasteiger partial charge on any atom is -0.496 e. The highest BCUT2D eigenvalue weighted by atomic mass is 19.1.